The predicted octanol–water partition coefficient (Wildman–Crippen LogP) is 0.0351. The first-order valence-corrected chi connectivity index (χ1v) is 5.36. The number of carbonyl (C=O) groups excluding carboxylic acids is 1. The fraction of sp³-hybridized carbons (Fsp3) is 0.600. The number of aromatic amines is 1. The van der Waals surface area contributed by atoms with Gasteiger partial charge >= 0.3 is 0 Å². The van der Waals surface area contributed by atoms with Crippen LogP contribution in [0.2, 0.25) is 0 Å². The van der Waals surface area contributed by atoms with Crippen molar-refractivity contribution < 1.29 is 9.53 Å². The summed E-state index contributed by atoms with van der Waals surface area (Å²) in [6.45, 7) is 4.01. The normalized spacial score (nSPS) is 20.7. The Bertz CT molecular complexity index is 357. The van der Waals surface area contributed by atoms with Gasteiger partial charge in [0.2, 0.25) is 5.91 Å². The van der Waals surface area contributed by atoms with Crippen molar-refractivity contribution in [2.75, 3.05) is 25.1 Å². The Hall–Kier alpha value is -1.40. The molecule has 1 saturated heterocycles. The van der Waals surface area contributed by atoms with Crippen LogP contribution in [0.15, 0.2) is 6.20 Å². The fourth-order valence-corrected chi connectivity index (χ4v) is 1.64. The Morgan fingerprint density at radius 1 is 1.75 bits per heavy atom. The standard InChI is InChI=1S/C10H16N4O2/c1-7-5-12-14-10(7)13-9(15)4-8-6-16-3-2-11-8/h5,8,11H,2-4,6H2,1H3,(H2,12,13,14,15). The summed E-state index contributed by atoms with van der Waals surface area (Å²) >= 11 is 0. The van der Waals surface area contributed by atoms with Gasteiger partial charge in [0.1, 0.15) is 5.82 Å². The number of rotatable bonds is 3. The maximum Gasteiger partial charge on any atom is 0.227 e. The third-order valence-corrected chi connectivity index (χ3v) is 2.52. The Labute approximate surface area is 93.8 Å². The number of carbonyl (C=O) groups is 1. The van der Waals surface area contributed by atoms with Crippen LogP contribution in [-0.4, -0.2) is 41.9 Å². The SMILES string of the molecule is Cc1cn[nH]c1NC(=O)CC1COCCN1. The first-order valence-electron chi connectivity index (χ1n) is 5.36. The van der Waals surface area contributed by atoms with Gasteiger partial charge in [-0.3, -0.25) is 9.89 Å². The van der Waals surface area contributed by atoms with E-state index in [-0.39, 0.29) is 11.9 Å². The van der Waals surface area contributed by atoms with Gasteiger partial charge in [0.15, 0.2) is 0 Å². The van der Waals surface area contributed by atoms with Gasteiger partial charge in [-0.2, -0.15) is 5.10 Å². The Morgan fingerprint density at radius 2 is 2.62 bits per heavy atom. The predicted molar refractivity (Wildman–Crippen MR) is 59.2 cm³/mol. The lowest BCUT2D eigenvalue weighted by Gasteiger charge is -2.23. The fourth-order valence-electron chi connectivity index (χ4n) is 1.64. The molecule has 1 aliphatic rings. The average molecular weight is 224 g/mol. The van der Waals surface area contributed by atoms with Crippen molar-refractivity contribution in [3.05, 3.63) is 11.8 Å². The highest BCUT2D eigenvalue weighted by Crippen LogP contribution is 2.09. The summed E-state index contributed by atoms with van der Waals surface area (Å²) < 4.78 is 5.28. The second-order valence-corrected chi connectivity index (χ2v) is 3.91. The molecule has 88 valence electrons. The average Bonchev–Trinajstić information content (AvgIpc) is 2.66. The van der Waals surface area contributed by atoms with Gasteiger partial charge in [0, 0.05) is 24.6 Å². The van der Waals surface area contributed by atoms with Crippen molar-refractivity contribution in [1.82, 2.24) is 15.5 Å². The number of aryl methyl sites for hydroxylation is 1. The minimum atomic E-state index is -0.0321. The highest BCUT2D eigenvalue weighted by molar-refractivity contribution is 5.90. The minimum absolute atomic E-state index is 0.0321. The molecule has 1 aromatic rings. The number of hydrogen-bond donors (Lipinski definition) is 3. The van der Waals surface area contributed by atoms with E-state index in [2.05, 4.69) is 20.8 Å². The van der Waals surface area contributed by atoms with E-state index < -0.39 is 0 Å². The molecule has 0 aromatic carbocycles. The van der Waals surface area contributed by atoms with Crippen molar-refractivity contribution in [1.29, 1.82) is 0 Å². The van der Waals surface area contributed by atoms with E-state index in [1.807, 2.05) is 6.92 Å². The quantitative estimate of drug-likeness (QED) is 0.677. The minimum Gasteiger partial charge on any atom is -0.378 e. The molecule has 0 saturated carbocycles. The number of amides is 1. The molecule has 1 aromatic heterocycles. The Balaban J connectivity index is 1.82. The summed E-state index contributed by atoms with van der Waals surface area (Å²) in [6, 6.07) is 0.108. The molecule has 0 spiro atoms. The highest BCUT2D eigenvalue weighted by Gasteiger charge is 2.17. The number of anilines is 1. The van der Waals surface area contributed by atoms with Gasteiger partial charge < -0.3 is 15.4 Å². The van der Waals surface area contributed by atoms with Gasteiger partial charge in [-0.25, -0.2) is 0 Å². The lowest BCUT2D eigenvalue weighted by Crippen LogP contribution is -2.43. The number of nitrogens with zero attached hydrogens (tertiary/aromatic N) is 1. The molecule has 6 heteroatoms. The van der Waals surface area contributed by atoms with Gasteiger partial charge in [-0.05, 0) is 6.92 Å². The van der Waals surface area contributed by atoms with E-state index in [1.54, 1.807) is 6.20 Å². The van der Waals surface area contributed by atoms with Crippen LogP contribution >= 0.6 is 0 Å². The Morgan fingerprint density at radius 3 is 3.25 bits per heavy atom. The second-order valence-electron chi connectivity index (χ2n) is 3.91. The van der Waals surface area contributed by atoms with E-state index in [1.165, 1.54) is 0 Å². The van der Waals surface area contributed by atoms with Gasteiger partial charge in [-0.15, -0.1) is 0 Å². The van der Waals surface area contributed by atoms with Crippen LogP contribution in [0.1, 0.15) is 12.0 Å². The van der Waals surface area contributed by atoms with Crippen LogP contribution in [0.3, 0.4) is 0 Å². The number of aromatic nitrogens is 2. The summed E-state index contributed by atoms with van der Waals surface area (Å²) in [5.41, 5.74) is 0.932. The van der Waals surface area contributed by atoms with Gasteiger partial charge in [0.05, 0.1) is 19.4 Å². The summed E-state index contributed by atoms with van der Waals surface area (Å²) in [7, 11) is 0. The number of ether oxygens (including phenoxy) is 1. The van der Waals surface area contributed by atoms with Crippen molar-refractivity contribution >= 4 is 11.7 Å². The third kappa shape index (κ3) is 2.80. The molecule has 1 atom stereocenters. The first kappa shape index (κ1) is 11.1. The lowest BCUT2D eigenvalue weighted by atomic mass is 10.2. The molecule has 0 bridgehead atoms. The van der Waals surface area contributed by atoms with Crippen LogP contribution in [0.5, 0.6) is 0 Å². The van der Waals surface area contributed by atoms with E-state index >= 15 is 0 Å². The molecule has 1 aliphatic heterocycles. The van der Waals surface area contributed by atoms with Gasteiger partial charge in [-0.1, -0.05) is 0 Å². The molecular weight excluding hydrogens is 208 g/mol. The van der Waals surface area contributed by atoms with Crippen LogP contribution in [-0.2, 0) is 9.53 Å². The topological polar surface area (TPSA) is 79.0 Å². The maximum atomic E-state index is 11.7. The molecular formula is C10H16N4O2. The monoisotopic (exact) mass is 224 g/mol. The molecule has 2 rings (SSSR count). The first-order chi connectivity index (χ1) is 7.75. The zero-order chi connectivity index (χ0) is 11.4. The van der Waals surface area contributed by atoms with Crippen molar-refractivity contribution in [2.45, 2.75) is 19.4 Å². The molecule has 2 heterocycles. The van der Waals surface area contributed by atoms with E-state index in [9.17, 15) is 4.79 Å². The smallest absolute Gasteiger partial charge is 0.227 e. The molecule has 0 radical (unpaired) electrons. The molecule has 1 amide bonds. The zero-order valence-electron chi connectivity index (χ0n) is 9.25. The summed E-state index contributed by atoms with van der Waals surface area (Å²) in [4.78, 5) is 11.7. The molecule has 16 heavy (non-hydrogen) atoms. The molecule has 6 nitrogen and oxygen atoms in total. The van der Waals surface area contributed by atoms with E-state index in [0.29, 0.717) is 18.8 Å². The molecule has 3 N–H and O–H groups in total. The van der Waals surface area contributed by atoms with Crippen LogP contribution < -0.4 is 10.6 Å². The summed E-state index contributed by atoms with van der Waals surface area (Å²) in [5, 5.41) is 12.6. The van der Waals surface area contributed by atoms with Gasteiger partial charge in [0.25, 0.3) is 0 Å². The summed E-state index contributed by atoms with van der Waals surface area (Å²) in [6.07, 6.45) is 2.09. The lowest BCUT2D eigenvalue weighted by molar-refractivity contribution is -0.117. The van der Waals surface area contributed by atoms with Crippen LogP contribution in [0.25, 0.3) is 0 Å². The van der Waals surface area contributed by atoms with Crippen molar-refractivity contribution in [3.8, 4) is 0 Å². The summed E-state index contributed by atoms with van der Waals surface area (Å²) in [5.74, 6) is 0.636. The second kappa shape index (κ2) is 5.09. The molecule has 1 fully saturated rings. The van der Waals surface area contributed by atoms with Crippen molar-refractivity contribution in [3.63, 3.8) is 0 Å². The third-order valence-electron chi connectivity index (χ3n) is 2.52. The number of hydrogen-bond acceptors (Lipinski definition) is 4. The Kier molecular flexibility index (Phi) is 3.53. The number of H-pyrrole nitrogens is 1. The zero-order valence-corrected chi connectivity index (χ0v) is 9.25. The van der Waals surface area contributed by atoms with Crippen LogP contribution in [0, 0.1) is 6.92 Å². The largest absolute Gasteiger partial charge is 0.378 e. The number of morpholine rings is 1. The maximum absolute atomic E-state index is 11.7. The van der Waals surface area contributed by atoms with E-state index in [4.69, 9.17) is 4.74 Å². The van der Waals surface area contributed by atoms with E-state index in [0.717, 1.165) is 18.7 Å². The highest BCUT2D eigenvalue weighted by atomic mass is 16.5. The molecule has 0 aliphatic carbocycles. The van der Waals surface area contributed by atoms with Crippen molar-refractivity contribution in [2.24, 2.45) is 0 Å². The van der Waals surface area contributed by atoms with Crippen LogP contribution in [0.4, 0.5) is 5.82 Å². The molecule has 1 unspecified atom stereocenters. The number of nitrogens with one attached hydrogen (secondary N) is 3.